The van der Waals surface area contributed by atoms with Gasteiger partial charge in [-0.25, -0.2) is 8.42 Å². The minimum Gasteiger partial charge on any atom is -0.356 e. The fraction of sp³-hybridized carbons (Fsp3) is 0.417. The van der Waals surface area contributed by atoms with E-state index in [0.29, 0.717) is 16.6 Å². The van der Waals surface area contributed by atoms with E-state index in [4.69, 9.17) is 23.8 Å². The van der Waals surface area contributed by atoms with Gasteiger partial charge < -0.3 is 10.6 Å². The number of anilines is 1. The van der Waals surface area contributed by atoms with Crippen molar-refractivity contribution in [1.82, 2.24) is 5.32 Å². The van der Waals surface area contributed by atoms with Crippen molar-refractivity contribution in [3.63, 3.8) is 0 Å². The van der Waals surface area contributed by atoms with Crippen LogP contribution in [0.2, 0.25) is 5.02 Å². The van der Waals surface area contributed by atoms with Gasteiger partial charge in [-0.3, -0.25) is 0 Å². The molecule has 1 heterocycles. The van der Waals surface area contributed by atoms with Gasteiger partial charge in [-0.2, -0.15) is 0 Å². The number of rotatable bonds is 2. The molecule has 0 bridgehead atoms. The zero-order valence-electron chi connectivity index (χ0n) is 10.4. The maximum atomic E-state index is 11.5. The van der Waals surface area contributed by atoms with Gasteiger partial charge >= 0.3 is 0 Å². The van der Waals surface area contributed by atoms with Gasteiger partial charge in [0.25, 0.3) is 0 Å². The highest BCUT2D eigenvalue weighted by Crippen LogP contribution is 2.23. The van der Waals surface area contributed by atoms with E-state index < -0.39 is 15.4 Å². The van der Waals surface area contributed by atoms with Crippen molar-refractivity contribution in [3.05, 3.63) is 29.3 Å². The molecule has 104 valence electrons. The third kappa shape index (κ3) is 4.06. The summed E-state index contributed by atoms with van der Waals surface area (Å²) in [6.45, 7) is 1.87. The molecule has 1 unspecified atom stereocenters. The maximum absolute atomic E-state index is 11.5. The Balaban J connectivity index is 1.97. The van der Waals surface area contributed by atoms with Crippen LogP contribution in [0.1, 0.15) is 13.3 Å². The van der Waals surface area contributed by atoms with E-state index in [-0.39, 0.29) is 11.5 Å². The van der Waals surface area contributed by atoms with Crippen LogP contribution >= 0.6 is 23.8 Å². The van der Waals surface area contributed by atoms with Gasteiger partial charge in [-0.15, -0.1) is 0 Å². The fourth-order valence-corrected chi connectivity index (χ4v) is 4.66. The molecule has 2 rings (SSSR count). The molecule has 0 aliphatic carbocycles. The summed E-state index contributed by atoms with van der Waals surface area (Å²) in [7, 11) is -2.95. The van der Waals surface area contributed by atoms with Gasteiger partial charge in [0, 0.05) is 10.7 Å². The first-order chi connectivity index (χ1) is 8.78. The first-order valence-electron chi connectivity index (χ1n) is 5.83. The second-order valence-electron chi connectivity index (χ2n) is 4.99. The Hall–Kier alpha value is -0.850. The third-order valence-electron chi connectivity index (χ3n) is 3.02. The summed E-state index contributed by atoms with van der Waals surface area (Å²) < 4.78 is 23.0. The van der Waals surface area contributed by atoms with Crippen LogP contribution in [0.15, 0.2) is 24.3 Å². The molecular formula is C12H15ClN2O2S2. The molecule has 1 aliphatic rings. The van der Waals surface area contributed by atoms with E-state index in [2.05, 4.69) is 10.6 Å². The van der Waals surface area contributed by atoms with Crippen LogP contribution in [0, 0.1) is 0 Å². The molecule has 1 aromatic rings. The average molecular weight is 319 g/mol. The lowest BCUT2D eigenvalue weighted by atomic mass is 10.0. The van der Waals surface area contributed by atoms with Crippen LogP contribution in [-0.4, -0.2) is 30.6 Å². The van der Waals surface area contributed by atoms with Crippen LogP contribution in [0.4, 0.5) is 5.69 Å². The van der Waals surface area contributed by atoms with E-state index in [0.717, 1.165) is 5.69 Å². The topological polar surface area (TPSA) is 58.2 Å². The molecule has 1 aliphatic heterocycles. The smallest absolute Gasteiger partial charge is 0.171 e. The van der Waals surface area contributed by atoms with Crippen molar-refractivity contribution in [2.45, 2.75) is 18.9 Å². The quantitative estimate of drug-likeness (QED) is 0.819. The molecule has 1 saturated heterocycles. The molecule has 0 radical (unpaired) electrons. The van der Waals surface area contributed by atoms with Crippen LogP contribution in [-0.2, 0) is 9.84 Å². The van der Waals surface area contributed by atoms with Gasteiger partial charge in [0.05, 0.1) is 17.0 Å². The Kier molecular flexibility index (Phi) is 4.03. The van der Waals surface area contributed by atoms with Crippen LogP contribution in [0.5, 0.6) is 0 Å². The maximum Gasteiger partial charge on any atom is 0.171 e. The van der Waals surface area contributed by atoms with E-state index in [1.807, 2.05) is 19.1 Å². The normalized spacial score (nSPS) is 24.9. The molecule has 7 heteroatoms. The van der Waals surface area contributed by atoms with Gasteiger partial charge in [0.1, 0.15) is 0 Å². The fourth-order valence-electron chi connectivity index (χ4n) is 2.08. The van der Waals surface area contributed by atoms with Crippen molar-refractivity contribution < 1.29 is 8.42 Å². The second kappa shape index (κ2) is 5.26. The zero-order valence-corrected chi connectivity index (χ0v) is 12.8. The molecule has 1 fully saturated rings. The summed E-state index contributed by atoms with van der Waals surface area (Å²) >= 11 is 11.0. The SMILES string of the molecule is CC1(NC(=S)Nc2ccc(Cl)cc2)CCS(=O)(=O)C1. The number of halogens is 1. The van der Waals surface area contributed by atoms with Crippen LogP contribution in [0.25, 0.3) is 0 Å². The highest BCUT2D eigenvalue weighted by atomic mass is 35.5. The van der Waals surface area contributed by atoms with Crippen molar-refractivity contribution in [3.8, 4) is 0 Å². The number of nitrogens with one attached hydrogen (secondary N) is 2. The highest BCUT2D eigenvalue weighted by Gasteiger charge is 2.38. The molecule has 0 spiro atoms. The second-order valence-corrected chi connectivity index (χ2v) is 8.02. The zero-order chi connectivity index (χ0) is 14.1. The molecule has 0 amide bonds. The van der Waals surface area contributed by atoms with Crippen molar-refractivity contribution in [1.29, 1.82) is 0 Å². The number of sulfone groups is 1. The van der Waals surface area contributed by atoms with Gasteiger partial charge in [0.15, 0.2) is 14.9 Å². The molecular weight excluding hydrogens is 304 g/mol. The Bertz CT molecular complexity index is 586. The third-order valence-corrected chi connectivity index (χ3v) is 5.38. The summed E-state index contributed by atoms with van der Waals surface area (Å²) in [5, 5.41) is 7.17. The lowest BCUT2D eigenvalue weighted by Gasteiger charge is -2.26. The van der Waals surface area contributed by atoms with E-state index >= 15 is 0 Å². The number of thiocarbonyl (C=S) groups is 1. The van der Waals surface area contributed by atoms with E-state index in [1.165, 1.54) is 0 Å². The monoisotopic (exact) mass is 318 g/mol. The molecule has 0 aromatic heterocycles. The van der Waals surface area contributed by atoms with E-state index in [9.17, 15) is 8.42 Å². The first kappa shape index (κ1) is 14.6. The van der Waals surface area contributed by atoms with Crippen LogP contribution in [0.3, 0.4) is 0 Å². The van der Waals surface area contributed by atoms with E-state index in [1.54, 1.807) is 12.1 Å². The predicted molar refractivity (Wildman–Crippen MR) is 82.5 cm³/mol. The molecule has 2 N–H and O–H groups in total. The van der Waals surface area contributed by atoms with Crippen molar-refractivity contribution in [2.75, 3.05) is 16.8 Å². The van der Waals surface area contributed by atoms with Gasteiger partial charge in [0.2, 0.25) is 0 Å². The summed E-state index contributed by atoms with van der Waals surface area (Å²) in [6, 6.07) is 7.14. The Morgan fingerprint density at radius 2 is 2.00 bits per heavy atom. The minimum atomic E-state index is -2.95. The summed E-state index contributed by atoms with van der Waals surface area (Å²) in [6.07, 6.45) is 0.567. The molecule has 19 heavy (non-hydrogen) atoms. The van der Waals surface area contributed by atoms with Gasteiger partial charge in [-0.1, -0.05) is 11.6 Å². The van der Waals surface area contributed by atoms with Gasteiger partial charge in [-0.05, 0) is 49.8 Å². The first-order valence-corrected chi connectivity index (χ1v) is 8.44. The van der Waals surface area contributed by atoms with Crippen molar-refractivity contribution >= 4 is 44.5 Å². The Labute approximate surface area is 123 Å². The highest BCUT2D eigenvalue weighted by molar-refractivity contribution is 7.91. The molecule has 0 saturated carbocycles. The predicted octanol–water partition coefficient (Wildman–Crippen LogP) is 2.20. The lowest BCUT2D eigenvalue weighted by molar-refractivity contribution is 0.474. The number of benzene rings is 1. The van der Waals surface area contributed by atoms with Crippen LogP contribution < -0.4 is 10.6 Å². The largest absolute Gasteiger partial charge is 0.356 e. The molecule has 1 atom stereocenters. The summed E-state index contributed by atoms with van der Waals surface area (Å²) in [4.78, 5) is 0. The molecule has 4 nitrogen and oxygen atoms in total. The number of hydrogen-bond donors (Lipinski definition) is 2. The van der Waals surface area contributed by atoms with Crippen molar-refractivity contribution in [2.24, 2.45) is 0 Å². The summed E-state index contributed by atoms with van der Waals surface area (Å²) in [5.74, 6) is 0.322. The number of hydrogen-bond acceptors (Lipinski definition) is 3. The standard InChI is InChI=1S/C12H15ClN2O2S2/c1-12(6-7-19(16,17)8-12)15-11(18)14-10-4-2-9(13)3-5-10/h2-5H,6-8H2,1H3,(H2,14,15,18). The Morgan fingerprint density at radius 1 is 1.37 bits per heavy atom. The summed E-state index contributed by atoms with van der Waals surface area (Å²) in [5.41, 5.74) is 0.321. The average Bonchev–Trinajstić information content (AvgIpc) is 2.56. The minimum absolute atomic E-state index is 0.114. The lowest BCUT2D eigenvalue weighted by Crippen LogP contribution is -2.48. The molecule has 1 aromatic carbocycles. The Morgan fingerprint density at radius 3 is 2.53 bits per heavy atom.